The Balaban J connectivity index is 0.000000172. The van der Waals surface area contributed by atoms with Crippen molar-refractivity contribution in [3.63, 3.8) is 0 Å². The molecule has 0 aliphatic carbocycles. The van der Waals surface area contributed by atoms with E-state index >= 15 is 0 Å². The molecule has 0 saturated heterocycles. The first-order valence-electron chi connectivity index (χ1n) is 27.6. The van der Waals surface area contributed by atoms with Crippen molar-refractivity contribution in [3.05, 3.63) is 315 Å². The molecule has 6 heteroatoms. The molecule has 0 atom stereocenters. The summed E-state index contributed by atoms with van der Waals surface area (Å²) in [5, 5.41) is 0. The lowest BCUT2D eigenvalue weighted by Gasteiger charge is -2.26. The van der Waals surface area contributed by atoms with Crippen molar-refractivity contribution in [2.24, 2.45) is 0 Å². The fourth-order valence-corrected chi connectivity index (χ4v) is 10.2. The van der Waals surface area contributed by atoms with Crippen molar-refractivity contribution in [2.75, 3.05) is 47.9 Å². The molecule has 0 unspecified atom stereocenters. The normalized spacial score (nSPS) is 10.7. The molecule has 0 spiro atoms. The minimum absolute atomic E-state index is 0.849. The van der Waals surface area contributed by atoms with Crippen molar-refractivity contribution in [1.82, 2.24) is 0 Å². The Labute approximate surface area is 483 Å². The average molecular weight is 1070 g/mol. The van der Waals surface area contributed by atoms with Crippen molar-refractivity contribution >= 4 is 56.9 Å². The first kappa shape index (κ1) is 53.4. The zero-order chi connectivity index (χ0) is 56.0. The van der Waals surface area contributed by atoms with Gasteiger partial charge in [-0.05, 0) is 178 Å². The summed E-state index contributed by atoms with van der Waals surface area (Å²) in [6.07, 6.45) is 0. The van der Waals surface area contributed by atoms with Gasteiger partial charge < -0.3 is 29.1 Å². The van der Waals surface area contributed by atoms with Crippen LogP contribution in [0, 0.1) is 0 Å². The minimum atomic E-state index is 0.849. The molecule has 0 aromatic heterocycles. The highest BCUT2D eigenvalue weighted by Crippen LogP contribution is 2.40. The van der Waals surface area contributed by atoms with E-state index in [1.54, 1.807) is 14.2 Å². The summed E-state index contributed by atoms with van der Waals surface area (Å²) in [6, 6.07) is 111. The fourth-order valence-electron chi connectivity index (χ4n) is 10.2. The van der Waals surface area contributed by atoms with Crippen molar-refractivity contribution in [1.29, 1.82) is 0 Å². The molecular weight excluding hydrogens is 1000 g/mol. The number of methoxy groups -OCH3 is 2. The van der Waals surface area contributed by atoms with Crippen molar-refractivity contribution in [2.45, 2.75) is 0 Å². The molecule has 12 rings (SSSR count). The number of hydrogen-bond acceptors (Lipinski definition) is 6. The molecule has 82 heavy (non-hydrogen) atoms. The van der Waals surface area contributed by atoms with E-state index in [1.165, 1.54) is 44.5 Å². The summed E-state index contributed by atoms with van der Waals surface area (Å²) >= 11 is 0. The van der Waals surface area contributed by atoms with Crippen LogP contribution in [-0.2, 0) is 0 Å². The molecular formula is C76H64N4O2. The van der Waals surface area contributed by atoms with Crippen LogP contribution in [0.15, 0.2) is 315 Å². The van der Waals surface area contributed by atoms with E-state index in [0.717, 1.165) is 68.4 Å². The predicted molar refractivity (Wildman–Crippen MR) is 346 cm³/mol. The molecule has 12 aromatic rings. The maximum absolute atomic E-state index is 5.40. The second-order valence-corrected chi connectivity index (χ2v) is 19.9. The van der Waals surface area contributed by atoms with Crippen LogP contribution in [0.4, 0.5) is 56.9 Å². The van der Waals surface area contributed by atoms with Crippen LogP contribution >= 0.6 is 0 Å². The molecule has 400 valence electrons. The zero-order valence-electron chi connectivity index (χ0n) is 46.6. The fraction of sp³-hybridized carbons (Fsp3) is 0.0526. The molecule has 0 amide bonds. The van der Waals surface area contributed by atoms with Gasteiger partial charge in [0.2, 0.25) is 0 Å². The van der Waals surface area contributed by atoms with Gasteiger partial charge in [-0.15, -0.1) is 0 Å². The summed E-state index contributed by atoms with van der Waals surface area (Å²) in [5.41, 5.74) is 20.7. The van der Waals surface area contributed by atoms with Gasteiger partial charge in [0.15, 0.2) is 0 Å². The standard InChI is InChI=1S/2C38H32N2O/c1-39(36-16-10-18-38(28-36)41-2)33-23-19-30(20-24-33)31-21-25-35(26-22-31)40(34-14-7-4-8-15-34)37-17-9-13-32(27-37)29-11-5-3-6-12-29;1-39(34-24-26-38(41-2)27-25-34)33-20-16-30(17-21-33)31-18-22-36(23-19-31)40(35-13-7-4-8-14-35)37-15-9-12-32(28-37)29-10-5-3-6-11-29/h2*3-28H,1-2H3. The van der Waals surface area contributed by atoms with Gasteiger partial charge in [0.1, 0.15) is 11.5 Å². The van der Waals surface area contributed by atoms with Crippen LogP contribution in [0.3, 0.4) is 0 Å². The van der Waals surface area contributed by atoms with Crippen molar-refractivity contribution < 1.29 is 9.47 Å². The minimum Gasteiger partial charge on any atom is -0.497 e. The van der Waals surface area contributed by atoms with Gasteiger partial charge in [-0.3, -0.25) is 0 Å². The molecule has 0 aliphatic heterocycles. The van der Waals surface area contributed by atoms with Crippen LogP contribution in [0.25, 0.3) is 44.5 Å². The molecule has 0 bridgehead atoms. The van der Waals surface area contributed by atoms with Crippen LogP contribution in [0.5, 0.6) is 11.5 Å². The number of anilines is 10. The van der Waals surface area contributed by atoms with Crippen molar-refractivity contribution in [3.8, 4) is 56.0 Å². The lowest BCUT2D eigenvalue weighted by molar-refractivity contribution is 0.415. The number of rotatable bonds is 16. The number of ether oxygens (including phenoxy) is 2. The third-order valence-electron chi connectivity index (χ3n) is 14.8. The molecule has 0 radical (unpaired) electrons. The second-order valence-electron chi connectivity index (χ2n) is 19.9. The smallest absolute Gasteiger partial charge is 0.120 e. The molecule has 6 nitrogen and oxygen atoms in total. The highest BCUT2D eigenvalue weighted by Gasteiger charge is 2.16. The number of hydrogen-bond donors (Lipinski definition) is 0. The molecule has 0 fully saturated rings. The molecule has 12 aromatic carbocycles. The lowest BCUT2D eigenvalue weighted by Crippen LogP contribution is -2.10. The third kappa shape index (κ3) is 12.5. The number of benzene rings is 12. The SMILES string of the molecule is COc1ccc(N(C)c2ccc(-c3ccc(N(c4ccccc4)c4cccc(-c5ccccc5)c4)cc3)cc2)cc1.COc1cccc(N(C)c2ccc(-c3ccc(N(c4ccccc4)c4cccc(-c5ccccc5)c4)cc3)cc2)c1. The Kier molecular flexibility index (Phi) is 16.6. The third-order valence-corrected chi connectivity index (χ3v) is 14.8. The van der Waals surface area contributed by atoms with Crippen LogP contribution in [0.1, 0.15) is 0 Å². The largest absolute Gasteiger partial charge is 0.497 e. The molecule has 0 N–H and O–H groups in total. The van der Waals surface area contributed by atoms with Gasteiger partial charge >= 0.3 is 0 Å². The Morgan fingerprint density at radius 1 is 0.195 bits per heavy atom. The van der Waals surface area contributed by atoms with E-state index in [-0.39, 0.29) is 0 Å². The topological polar surface area (TPSA) is 31.4 Å². The quantitative estimate of drug-likeness (QED) is 0.0959. The van der Waals surface area contributed by atoms with Gasteiger partial charge in [-0.1, -0.05) is 176 Å². The van der Waals surface area contributed by atoms with E-state index in [2.05, 4.69) is 319 Å². The summed E-state index contributed by atoms with van der Waals surface area (Å²) in [4.78, 5) is 8.95. The highest BCUT2D eigenvalue weighted by molar-refractivity contribution is 5.83. The summed E-state index contributed by atoms with van der Waals surface area (Å²) < 4.78 is 10.7. The predicted octanol–water partition coefficient (Wildman–Crippen LogP) is 20.5. The first-order chi connectivity index (χ1) is 40.4. The second kappa shape index (κ2) is 25.5. The van der Waals surface area contributed by atoms with Crippen LogP contribution in [-0.4, -0.2) is 28.3 Å². The van der Waals surface area contributed by atoms with Gasteiger partial charge in [-0.2, -0.15) is 0 Å². The van der Waals surface area contributed by atoms with E-state index in [1.807, 2.05) is 30.3 Å². The maximum atomic E-state index is 5.40. The number of para-hydroxylation sites is 2. The van der Waals surface area contributed by atoms with Crippen LogP contribution in [0.2, 0.25) is 0 Å². The van der Waals surface area contributed by atoms with E-state index < -0.39 is 0 Å². The van der Waals surface area contributed by atoms with Gasteiger partial charge in [0.05, 0.1) is 14.2 Å². The molecule has 0 aliphatic rings. The summed E-state index contributed by atoms with van der Waals surface area (Å²) in [7, 11) is 7.53. The number of nitrogens with zero attached hydrogens (tertiary/aromatic N) is 4. The first-order valence-corrected chi connectivity index (χ1v) is 27.6. The zero-order valence-corrected chi connectivity index (χ0v) is 46.6. The summed E-state index contributed by atoms with van der Waals surface area (Å²) in [5.74, 6) is 1.71. The van der Waals surface area contributed by atoms with E-state index in [4.69, 9.17) is 9.47 Å². The Morgan fingerprint density at radius 3 is 0.841 bits per heavy atom. The average Bonchev–Trinajstić information content (AvgIpc) is 3.58. The Morgan fingerprint density at radius 2 is 0.463 bits per heavy atom. The summed E-state index contributed by atoms with van der Waals surface area (Å²) in [6.45, 7) is 0. The highest BCUT2D eigenvalue weighted by atomic mass is 16.5. The molecule has 0 saturated carbocycles. The monoisotopic (exact) mass is 1060 g/mol. The van der Waals surface area contributed by atoms with Crippen LogP contribution < -0.4 is 29.1 Å². The van der Waals surface area contributed by atoms with E-state index in [9.17, 15) is 0 Å². The Bertz CT molecular complexity index is 3940. The molecule has 0 heterocycles. The van der Waals surface area contributed by atoms with E-state index in [0.29, 0.717) is 0 Å². The van der Waals surface area contributed by atoms with Gasteiger partial charge in [0, 0.05) is 77.0 Å². The van der Waals surface area contributed by atoms with Gasteiger partial charge in [-0.25, -0.2) is 0 Å². The Hall–Kier alpha value is -10.6. The van der Waals surface area contributed by atoms with Gasteiger partial charge in [0.25, 0.3) is 0 Å². The maximum Gasteiger partial charge on any atom is 0.120 e. The lowest BCUT2D eigenvalue weighted by atomic mass is 10.0.